The van der Waals surface area contributed by atoms with Gasteiger partial charge in [-0.25, -0.2) is 9.67 Å². The fourth-order valence-electron chi connectivity index (χ4n) is 1.94. The van der Waals surface area contributed by atoms with E-state index in [9.17, 15) is 4.79 Å². The van der Waals surface area contributed by atoms with Crippen molar-refractivity contribution in [3.8, 4) is 5.69 Å². The van der Waals surface area contributed by atoms with E-state index < -0.39 is 0 Å². The molecule has 0 spiro atoms. The number of hydrogen-bond donors (Lipinski definition) is 1. The van der Waals surface area contributed by atoms with Gasteiger partial charge in [0.2, 0.25) is 11.1 Å². The van der Waals surface area contributed by atoms with Crippen molar-refractivity contribution in [1.29, 1.82) is 0 Å². The van der Waals surface area contributed by atoms with E-state index in [-0.39, 0.29) is 11.7 Å². The number of para-hydroxylation sites is 2. The fourth-order valence-corrected chi connectivity index (χ4v) is 3.03. The molecule has 0 atom stereocenters. The molecule has 0 fully saturated rings. The van der Waals surface area contributed by atoms with Gasteiger partial charge in [0.25, 0.3) is 0 Å². The summed E-state index contributed by atoms with van der Waals surface area (Å²) < 4.78 is 1.66. The van der Waals surface area contributed by atoms with Crippen LogP contribution in [-0.4, -0.2) is 26.4 Å². The molecule has 0 bridgehead atoms. The number of nitrogens with one attached hydrogen (secondary N) is 1. The van der Waals surface area contributed by atoms with Crippen molar-refractivity contribution in [3.05, 3.63) is 64.9 Å². The van der Waals surface area contributed by atoms with Crippen molar-refractivity contribution in [2.24, 2.45) is 0 Å². The Morgan fingerprint density at radius 3 is 2.50 bits per heavy atom. The Labute approximate surface area is 153 Å². The third kappa shape index (κ3) is 4.08. The number of aromatic nitrogens is 3. The molecule has 0 aliphatic carbocycles. The second-order valence-corrected chi connectivity index (χ2v) is 6.50. The summed E-state index contributed by atoms with van der Waals surface area (Å²) in [7, 11) is 0. The number of amides is 1. The third-order valence-electron chi connectivity index (χ3n) is 3.05. The maximum atomic E-state index is 12.1. The quantitative estimate of drug-likeness (QED) is 0.672. The minimum Gasteiger partial charge on any atom is -0.323 e. The van der Waals surface area contributed by atoms with Gasteiger partial charge in [0.05, 0.1) is 27.2 Å². The number of thioether (sulfide) groups is 1. The minimum atomic E-state index is -0.230. The minimum absolute atomic E-state index is 0.153. The molecule has 1 N–H and O–H groups in total. The molecular weight excluding hydrogens is 367 g/mol. The van der Waals surface area contributed by atoms with E-state index in [0.717, 1.165) is 5.69 Å². The van der Waals surface area contributed by atoms with Crippen LogP contribution in [0, 0.1) is 0 Å². The third-order valence-corrected chi connectivity index (χ3v) is 4.53. The summed E-state index contributed by atoms with van der Waals surface area (Å²) in [4.78, 5) is 16.2. The molecule has 0 saturated carbocycles. The Morgan fingerprint density at radius 1 is 1.08 bits per heavy atom. The highest BCUT2D eigenvalue weighted by molar-refractivity contribution is 7.99. The van der Waals surface area contributed by atoms with Crippen LogP contribution in [0.3, 0.4) is 0 Å². The number of anilines is 1. The van der Waals surface area contributed by atoms with Crippen LogP contribution in [-0.2, 0) is 4.79 Å². The van der Waals surface area contributed by atoms with E-state index in [1.165, 1.54) is 11.8 Å². The second kappa shape index (κ2) is 7.70. The summed E-state index contributed by atoms with van der Waals surface area (Å²) in [6.45, 7) is 0. The Balaban J connectivity index is 1.60. The highest BCUT2D eigenvalue weighted by atomic mass is 35.5. The summed E-state index contributed by atoms with van der Waals surface area (Å²) in [5.41, 5.74) is 1.32. The van der Waals surface area contributed by atoms with Crippen LogP contribution in [0.2, 0.25) is 10.0 Å². The monoisotopic (exact) mass is 378 g/mol. The lowest BCUT2D eigenvalue weighted by Gasteiger charge is -2.08. The second-order valence-electron chi connectivity index (χ2n) is 4.74. The average Bonchev–Trinajstić information content (AvgIpc) is 3.06. The Hall–Kier alpha value is -2.02. The fraction of sp³-hybridized carbons (Fsp3) is 0.0625. The Morgan fingerprint density at radius 2 is 1.79 bits per heavy atom. The maximum Gasteiger partial charge on any atom is 0.234 e. The molecule has 8 heteroatoms. The molecule has 122 valence electrons. The number of benzene rings is 2. The van der Waals surface area contributed by atoms with Crippen molar-refractivity contribution >= 4 is 46.6 Å². The average molecular weight is 379 g/mol. The van der Waals surface area contributed by atoms with Crippen LogP contribution >= 0.6 is 35.0 Å². The van der Waals surface area contributed by atoms with Crippen LogP contribution in [0.15, 0.2) is 60.0 Å². The van der Waals surface area contributed by atoms with Gasteiger partial charge in [-0.15, -0.1) is 5.10 Å². The van der Waals surface area contributed by atoms with Gasteiger partial charge in [-0.05, 0) is 24.3 Å². The molecule has 0 aliphatic heterocycles. The summed E-state index contributed by atoms with van der Waals surface area (Å²) >= 11 is 13.3. The van der Waals surface area contributed by atoms with Gasteiger partial charge in [-0.1, -0.05) is 59.2 Å². The molecule has 3 rings (SSSR count). The van der Waals surface area contributed by atoms with Gasteiger partial charge in [0.1, 0.15) is 6.33 Å². The molecule has 24 heavy (non-hydrogen) atoms. The SMILES string of the molecule is O=C(CSc1ncn(-c2ccccc2)n1)Nc1c(Cl)cccc1Cl. The molecule has 2 aromatic carbocycles. The van der Waals surface area contributed by atoms with Crippen LogP contribution in [0.1, 0.15) is 0 Å². The molecule has 0 saturated heterocycles. The number of nitrogens with zero attached hydrogens (tertiary/aromatic N) is 3. The van der Waals surface area contributed by atoms with Gasteiger partial charge < -0.3 is 5.32 Å². The lowest BCUT2D eigenvalue weighted by Crippen LogP contribution is -2.14. The first kappa shape index (κ1) is 16.8. The van der Waals surface area contributed by atoms with Crippen LogP contribution in [0.25, 0.3) is 5.69 Å². The van der Waals surface area contributed by atoms with E-state index in [4.69, 9.17) is 23.2 Å². The summed E-state index contributed by atoms with van der Waals surface area (Å²) in [5, 5.41) is 8.34. The summed E-state index contributed by atoms with van der Waals surface area (Å²) in [6, 6.07) is 14.7. The smallest absolute Gasteiger partial charge is 0.234 e. The predicted molar refractivity (Wildman–Crippen MR) is 97.2 cm³/mol. The first-order valence-electron chi connectivity index (χ1n) is 6.97. The maximum absolute atomic E-state index is 12.1. The van der Waals surface area contributed by atoms with Gasteiger partial charge in [-0.2, -0.15) is 0 Å². The molecule has 1 heterocycles. The Bertz CT molecular complexity index is 834. The normalized spacial score (nSPS) is 10.6. The van der Waals surface area contributed by atoms with Crippen molar-refractivity contribution in [3.63, 3.8) is 0 Å². The summed E-state index contributed by atoms with van der Waals surface area (Å²) in [6.07, 6.45) is 1.61. The van der Waals surface area contributed by atoms with Crippen molar-refractivity contribution in [2.45, 2.75) is 5.16 Å². The molecule has 0 radical (unpaired) electrons. The molecular formula is C16H12Cl2N4OS. The van der Waals surface area contributed by atoms with Crippen LogP contribution < -0.4 is 5.32 Å². The lowest BCUT2D eigenvalue weighted by atomic mass is 10.3. The zero-order chi connectivity index (χ0) is 16.9. The number of hydrogen-bond acceptors (Lipinski definition) is 4. The molecule has 0 aliphatic rings. The molecule has 5 nitrogen and oxygen atoms in total. The van der Waals surface area contributed by atoms with Gasteiger partial charge >= 0.3 is 0 Å². The van der Waals surface area contributed by atoms with E-state index in [1.54, 1.807) is 29.2 Å². The topological polar surface area (TPSA) is 59.8 Å². The number of carbonyl (C=O) groups is 1. The standard InChI is InChI=1S/C16H12Cl2N4OS/c17-12-7-4-8-13(18)15(12)20-14(23)9-24-16-19-10-22(21-16)11-5-2-1-3-6-11/h1-8,10H,9H2,(H,20,23). The summed E-state index contributed by atoms with van der Waals surface area (Å²) in [5.74, 6) is -0.0774. The molecule has 1 aromatic heterocycles. The van der Waals surface area contributed by atoms with E-state index in [1.807, 2.05) is 30.3 Å². The van der Waals surface area contributed by atoms with E-state index in [2.05, 4.69) is 15.4 Å². The largest absolute Gasteiger partial charge is 0.323 e. The zero-order valence-electron chi connectivity index (χ0n) is 12.3. The lowest BCUT2D eigenvalue weighted by molar-refractivity contribution is -0.113. The highest BCUT2D eigenvalue weighted by Crippen LogP contribution is 2.30. The van der Waals surface area contributed by atoms with Crippen molar-refractivity contribution in [1.82, 2.24) is 14.8 Å². The van der Waals surface area contributed by atoms with Gasteiger partial charge in [-0.3, -0.25) is 4.79 Å². The van der Waals surface area contributed by atoms with Crippen molar-refractivity contribution < 1.29 is 4.79 Å². The number of carbonyl (C=O) groups excluding carboxylic acids is 1. The van der Waals surface area contributed by atoms with Crippen molar-refractivity contribution in [2.75, 3.05) is 11.1 Å². The zero-order valence-corrected chi connectivity index (χ0v) is 14.6. The number of rotatable bonds is 5. The van der Waals surface area contributed by atoms with Crippen LogP contribution in [0.5, 0.6) is 0 Å². The molecule has 1 amide bonds. The van der Waals surface area contributed by atoms with E-state index in [0.29, 0.717) is 20.9 Å². The van der Waals surface area contributed by atoms with Crippen LogP contribution in [0.4, 0.5) is 5.69 Å². The highest BCUT2D eigenvalue weighted by Gasteiger charge is 2.11. The Kier molecular flexibility index (Phi) is 5.40. The first-order valence-corrected chi connectivity index (χ1v) is 8.71. The molecule has 3 aromatic rings. The van der Waals surface area contributed by atoms with Gasteiger partial charge in [0.15, 0.2) is 0 Å². The van der Waals surface area contributed by atoms with Gasteiger partial charge in [0, 0.05) is 0 Å². The van der Waals surface area contributed by atoms with E-state index >= 15 is 0 Å². The predicted octanol–water partition coefficient (Wildman–Crippen LogP) is 4.30. The molecule has 0 unspecified atom stereocenters. The number of halogens is 2. The first-order chi connectivity index (χ1) is 11.6.